The van der Waals surface area contributed by atoms with E-state index in [-0.39, 0.29) is 36.2 Å². The molecule has 3 heterocycles. The Morgan fingerprint density at radius 3 is 2.41 bits per heavy atom. The summed E-state index contributed by atoms with van der Waals surface area (Å²) in [5, 5.41) is 12.6. The first kappa shape index (κ1) is 40.6. The third kappa shape index (κ3) is 10.8. The van der Waals surface area contributed by atoms with E-state index in [1.165, 1.54) is 45.6 Å². The molecule has 14 heteroatoms. The van der Waals surface area contributed by atoms with Crippen LogP contribution in [-0.2, 0) is 14.4 Å². The van der Waals surface area contributed by atoms with Crippen LogP contribution in [0.2, 0.25) is 0 Å². The summed E-state index contributed by atoms with van der Waals surface area (Å²) in [5.41, 5.74) is 1.62. The number of piperidine rings is 2. The van der Waals surface area contributed by atoms with Crippen LogP contribution in [0.15, 0.2) is 54.5 Å². The molecule has 4 aliphatic rings. The summed E-state index contributed by atoms with van der Waals surface area (Å²) in [4.78, 5) is 50.9. The van der Waals surface area contributed by atoms with Gasteiger partial charge in [-0.1, -0.05) is 32.1 Å². The molecule has 2 aromatic carbocycles. The molecule has 0 spiro atoms. The molecule has 2 aliphatic carbocycles. The van der Waals surface area contributed by atoms with Gasteiger partial charge in [-0.05, 0) is 76.1 Å². The van der Waals surface area contributed by atoms with Crippen LogP contribution < -0.4 is 20.1 Å². The maximum Gasteiger partial charge on any atom is 0.259 e. The van der Waals surface area contributed by atoms with E-state index in [9.17, 15) is 28.0 Å². The fourth-order valence-electron chi connectivity index (χ4n) is 7.72. The lowest BCUT2D eigenvalue weighted by molar-refractivity contribution is -0.134. The number of ether oxygens (including phenoxy) is 2. The number of carbonyl (C=O) groups is 4. The Kier molecular flexibility index (Phi) is 13.9. The van der Waals surface area contributed by atoms with Gasteiger partial charge < -0.3 is 24.6 Å². The van der Waals surface area contributed by atoms with Crippen molar-refractivity contribution in [3.63, 3.8) is 0 Å². The van der Waals surface area contributed by atoms with Crippen molar-refractivity contribution in [2.75, 3.05) is 26.7 Å². The van der Waals surface area contributed by atoms with Crippen LogP contribution in [0.5, 0.6) is 11.5 Å². The van der Waals surface area contributed by atoms with Gasteiger partial charge in [0.25, 0.3) is 5.91 Å². The molecule has 300 valence electrons. The number of aromatic amines is 1. The number of imide groups is 1. The normalized spacial score (nSPS) is 20.0. The maximum atomic E-state index is 14.7. The van der Waals surface area contributed by atoms with Gasteiger partial charge in [-0.2, -0.15) is 5.10 Å². The summed E-state index contributed by atoms with van der Waals surface area (Å²) >= 11 is 0. The van der Waals surface area contributed by atoms with Crippen LogP contribution in [0.25, 0.3) is 10.9 Å². The number of carbonyl (C=O) groups excluding carboxylic acids is 4. The van der Waals surface area contributed by atoms with Crippen molar-refractivity contribution >= 4 is 35.0 Å². The zero-order chi connectivity index (χ0) is 39.6. The molecule has 2 saturated heterocycles. The van der Waals surface area contributed by atoms with Gasteiger partial charge in [0.1, 0.15) is 29.2 Å². The predicted molar refractivity (Wildman–Crippen MR) is 207 cm³/mol. The lowest BCUT2D eigenvalue weighted by Crippen LogP contribution is -2.40. The second-order valence-corrected chi connectivity index (χ2v) is 15.2. The van der Waals surface area contributed by atoms with Gasteiger partial charge in [0.15, 0.2) is 0 Å². The van der Waals surface area contributed by atoms with Gasteiger partial charge in [0, 0.05) is 66.6 Å². The van der Waals surface area contributed by atoms with E-state index < -0.39 is 29.4 Å². The number of aromatic nitrogens is 2. The number of nitrogens with one attached hydrogen (secondary N) is 3. The first-order chi connectivity index (χ1) is 27.1. The van der Waals surface area contributed by atoms with Crippen molar-refractivity contribution in [1.82, 2.24) is 30.6 Å². The van der Waals surface area contributed by atoms with Crippen LogP contribution in [-0.4, -0.2) is 83.0 Å². The molecule has 2 saturated carbocycles. The van der Waals surface area contributed by atoms with Crippen molar-refractivity contribution in [1.29, 1.82) is 0 Å². The minimum absolute atomic E-state index is 0.0637. The standard InChI is InChI=1S/C24H32F2N2O3.C18H20N4O3/c25-20-14-18(15-21(26)23(20)19-6-7-22(29)27-24(19)30)31-17-9-12-28(13-10-17)11-8-16-4-2-1-3-5-16;1-12(4-3-7-22(11-23)14-5-6-14)20-18(24)15-8-13-10-19-21-16(13)9-17(15)25-2/h14-17,19H,1-13H2,(H,27,29,30);3-4,7-11,14H,5-6H2,1-2H3,(H,19,21)(H,20,24)/b;7-3-,12-4+. The summed E-state index contributed by atoms with van der Waals surface area (Å²) < 4.78 is 40.5. The summed E-state index contributed by atoms with van der Waals surface area (Å²) in [6.07, 6.45) is 19.7. The first-order valence-electron chi connectivity index (χ1n) is 19.7. The highest BCUT2D eigenvalue weighted by Crippen LogP contribution is 2.33. The number of fused-ring (bicyclic) bond motifs is 1. The molecular formula is C42H52F2N6O6. The van der Waals surface area contributed by atoms with E-state index in [0.717, 1.165) is 80.7 Å². The van der Waals surface area contributed by atoms with Gasteiger partial charge in [-0.3, -0.25) is 29.6 Å². The zero-order valence-corrected chi connectivity index (χ0v) is 32.2. The molecule has 1 atom stereocenters. The number of hydrogen-bond acceptors (Lipinski definition) is 8. The Balaban J connectivity index is 0.000000194. The Morgan fingerprint density at radius 2 is 1.75 bits per heavy atom. The number of allylic oxidation sites excluding steroid dienone is 3. The lowest BCUT2D eigenvalue weighted by Gasteiger charge is -2.33. The number of likely N-dealkylation sites (tertiary alicyclic amines) is 1. The summed E-state index contributed by atoms with van der Waals surface area (Å²) in [7, 11) is 1.52. The summed E-state index contributed by atoms with van der Waals surface area (Å²) in [5.74, 6) is -2.41. The largest absolute Gasteiger partial charge is 0.496 e. The third-order valence-corrected chi connectivity index (χ3v) is 11.1. The highest BCUT2D eigenvalue weighted by Gasteiger charge is 2.33. The molecule has 3 N–H and O–H groups in total. The highest BCUT2D eigenvalue weighted by molar-refractivity contribution is 6.02. The number of H-pyrrole nitrogens is 1. The van der Waals surface area contributed by atoms with Crippen LogP contribution in [0.3, 0.4) is 0 Å². The summed E-state index contributed by atoms with van der Waals surface area (Å²) in [6.45, 7) is 4.79. The van der Waals surface area contributed by atoms with Gasteiger partial charge in [0.05, 0.1) is 30.3 Å². The van der Waals surface area contributed by atoms with Crippen molar-refractivity contribution < 1.29 is 37.4 Å². The number of methoxy groups -OCH3 is 1. The maximum absolute atomic E-state index is 14.7. The molecule has 12 nitrogen and oxygen atoms in total. The molecule has 2 aliphatic heterocycles. The zero-order valence-electron chi connectivity index (χ0n) is 32.2. The molecule has 1 aromatic heterocycles. The monoisotopic (exact) mass is 774 g/mol. The quantitative estimate of drug-likeness (QED) is 0.0997. The average molecular weight is 775 g/mol. The van der Waals surface area contributed by atoms with E-state index in [1.807, 2.05) is 0 Å². The second kappa shape index (κ2) is 19.2. The van der Waals surface area contributed by atoms with Crippen LogP contribution in [0.1, 0.15) is 106 Å². The van der Waals surface area contributed by atoms with Crippen molar-refractivity contribution in [2.24, 2.45) is 5.92 Å². The fraction of sp³-hybridized carbons (Fsp3) is 0.500. The second-order valence-electron chi connectivity index (χ2n) is 15.2. The van der Waals surface area contributed by atoms with E-state index in [0.29, 0.717) is 23.1 Å². The van der Waals surface area contributed by atoms with E-state index in [2.05, 4.69) is 25.7 Å². The van der Waals surface area contributed by atoms with E-state index >= 15 is 0 Å². The van der Waals surface area contributed by atoms with Gasteiger partial charge >= 0.3 is 0 Å². The van der Waals surface area contributed by atoms with Crippen LogP contribution >= 0.6 is 0 Å². The molecule has 4 fully saturated rings. The molecule has 7 rings (SSSR count). The average Bonchev–Trinajstić information content (AvgIpc) is 3.93. The lowest BCUT2D eigenvalue weighted by atomic mass is 9.87. The first-order valence-corrected chi connectivity index (χ1v) is 19.7. The van der Waals surface area contributed by atoms with Crippen LogP contribution in [0, 0.1) is 17.6 Å². The Morgan fingerprint density at radius 1 is 1.02 bits per heavy atom. The molecular weight excluding hydrogens is 722 g/mol. The van der Waals surface area contributed by atoms with Gasteiger partial charge in [-0.15, -0.1) is 0 Å². The van der Waals surface area contributed by atoms with E-state index in [1.54, 1.807) is 48.5 Å². The van der Waals surface area contributed by atoms with Crippen molar-refractivity contribution in [3.8, 4) is 11.5 Å². The van der Waals surface area contributed by atoms with E-state index in [4.69, 9.17) is 9.47 Å². The Labute approximate surface area is 326 Å². The summed E-state index contributed by atoms with van der Waals surface area (Å²) in [6, 6.07) is 6.13. The number of rotatable bonds is 13. The Bertz CT molecular complexity index is 1910. The van der Waals surface area contributed by atoms with Crippen LogP contribution in [0.4, 0.5) is 8.78 Å². The SMILES string of the molecule is COc1cc2[nH]ncc2cc1C(=O)N/C(C)=C/C=C\N(C=O)C1CC1.O=C1CCC(c2c(F)cc(OC3CCN(CCC4CCCCC4)CC3)cc2F)C(=O)N1. The molecule has 56 heavy (non-hydrogen) atoms. The topological polar surface area (TPSA) is 146 Å². The fourth-order valence-corrected chi connectivity index (χ4v) is 7.72. The molecule has 3 aromatic rings. The molecule has 0 radical (unpaired) electrons. The minimum Gasteiger partial charge on any atom is -0.496 e. The highest BCUT2D eigenvalue weighted by atomic mass is 19.1. The predicted octanol–water partition coefficient (Wildman–Crippen LogP) is 6.64. The number of hydrogen-bond donors (Lipinski definition) is 3. The van der Waals surface area contributed by atoms with Crippen molar-refractivity contribution in [3.05, 3.63) is 77.3 Å². The Hall–Kier alpha value is -5.11. The van der Waals surface area contributed by atoms with Gasteiger partial charge in [-0.25, -0.2) is 8.78 Å². The molecule has 0 bridgehead atoms. The molecule has 4 amide bonds. The van der Waals surface area contributed by atoms with Crippen molar-refractivity contribution in [2.45, 2.75) is 102 Å². The van der Waals surface area contributed by atoms with Gasteiger partial charge in [0.2, 0.25) is 18.2 Å². The minimum atomic E-state index is -0.987. The smallest absolute Gasteiger partial charge is 0.259 e. The number of nitrogens with zero attached hydrogens (tertiary/aromatic N) is 3. The molecule has 1 unspecified atom stereocenters. The number of amides is 4. The number of halogens is 2. The third-order valence-electron chi connectivity index (χ3n) is 11.1. The number of benzene rings is 2.